The monoisotopic (exact) mass is 426 g/mol. The average molecular weight is 427 g/mol. The van der Waals surface area contributed by atoms with Crippen LogP contribution in [0.1, 0.15) is 29.3 Å². The van der Waals surface area contributed by atoms with Gasteiger partial charge in [0.05, 0.1) is 4.90 Å². The first-order valence-electron chi connectivity index (χ1n) is 9.57. The zero-order valence-corrected chi connectivity index (χ0v) is 17.3. The Morgan fingerprint density at radius 1 is 0.967 bits per heavy atom. The molecule has 0 saturated heterocycles. The molecule has 0 fully saturated rings. The van der Waals surface area contributed by atoms with Gasteiger partial charge in [0, 0.05) is 17.3 Å². The Balaban J connectivity index is 1.64. The molecule has 2 N–H and O–H groups in total. The van der Waals surface area contributed by atoms with Crippen LogP contribution >= 0.6 is 0 Å². The van der Waals surface area contributed by atoms with Crippen molar-refractivity contribution in [2.75, 3.05) is 4.72 Å². The van der Waals surface area contributed by atoms with Gasteiger partial charge >= 0.3 is 0 Å². The van der Waals surface area contributed by atoms with Gasteiger partial charge in [-0.1, -0.05) is 36.4 Å². The van der Waals surface area contributed by atoms with Gasteiger partial charge in [0.25, 0.3) is 15.9 Å². The van der Waals surface area contributed by atoms with Gasteiger partial charge in [0.1, 0.15) is 5.82 Å². The first kappa shape index (κ1) is 21.5. The summed E-state index contributed by atoms with van der Waals surface area (Å²) < 4.78 is 40.6. The summed E-state index contributed by atoms with van der Waals surface area (Å²) >= 11 is 0. The number of amides is 1. The molecule has 5 nitrogen and oxygen atoms in total. The maximum Gasteiger partial charge on any atom is 0.261 e. The molecule has 156 valence electrons. The molecule has 1 atom stereocenters. The predicted molar refractivity (Wildman–Crippen MR) is 115 cm³/mol. The van der Waals surface area contributed by atoms with Gasteiger partial charge in [-0.15, -0.1) is 0 Å². The quantitative estimate of drug-likeness (QED) is 0.561. The maximum absolute atomic E-state index is 13.0. The summed E-state index contributed by atoms with van der Waals surface area (Å²) in [5.74, 6) is -0.799. The first-order valence-corrected chi connectivity index (χ1v) is 11.0. The molecule has 0 aliphatic carbocycles. The van der Waals surface area contributed by atoms with Crippen LogP contribution in [0.25, 0.3) is 0 Å². The number of aryl methyl sites for hydroxylation is 1. The molecule has 1 unspecified atom stereocenters. The summed E-state index contributed by atoms with van der Waals surface area (Å²) in [6.45, 7) is 1.91. The Kier molecular flexibility index (Phi) is 6.84. The van der Waals surface area contributed by atoms with Crippen molar-refractivity contribution in [2.45, 2.75) is 30.7 Å². The van der Waals surface area contributed by atoms with E-state index in [1.807, 2.05) is 37.3 Å². The molecule has 7 heteroatoms. The van der Waals surface area contributed by atoms with Crippen LogP contribution in [0.4, 0.5) is 10.1 Å². The third-order valence-electron chi connectivity index (χ3n) is 4.59. The van der Waals surface area contributed by atoms with Crippen LogP contribution in [0.15, 0.2) is 83.8 Å². The van der Waals surface area contributed by atoms with Gasteiger partial charge in [-0.05, 0) is 67.8 Å². The number of carbonyl (C=O) groups is 1. The molecule has 30 heavy (non-hydrogen) atoms. The summed E-state index contributed by atoms with van der Waals surface area (Å²) in [6.07, 6.45) is 1.60. The van der Waals surface area contributed by atoms with Crippen LogP contribution in [0.5, 0.6) is 0 Å². The molecule has 3 rings (SSSR count). The minimum Gasteiger partial charge on any atom is -0.350 e. The van der Waals surface area contributed by atoms with E-state index >= 15 is 0 Å². The van der Waals surface area contributed by atoms with Gasteiger partial charge in [0.2, 0.25) is 0 Å². The van der Waals surface area contributed by atoms with Crippen molar-refractivity contribution < 1.29 is 17.6 Å². The van der Waals surface area contributed by atoms with Gasteiger partial charge in [-0.25, -0.2) is 12.8 Å². The number of nitrogens with one attached hydrogen (secondary N) is 2. The van der Waals surface area contributed by atoms with Crippen molar-refractivity contribution in [3.63, 3.8) is 0 Å². The standard InChI is InChI=1S/C23H23FN2O3S/c1-17(10-11-18-6-3-2-4-7-18)25-23(27)19-8-5-9-22(16-19)30(28,29)26-21-14-12-20(24)13-15-21/h2-9,12-17,26H,10-11H2,1H3,(H,25,27). The fraction of sp³-hybridized carbons (Fsp3) is 0.174. The normalized spacial score (nSPS) is 12.2. The van der Waals surface area contributed by atoms with Gasteiger partial charge in [-0.2, -0.15) is 0 Å². The van der Waals surface area contributed by atoms with Crippen LogP contribution in [0.2, 0.25) is 0 Å². The van der Waals surface area contributed by atoms with Crippen molar-refractivity contribution in [1.82, 2.24) is 5.32 Å². The van der Waals surface area contributed by atoms with Crippen molar-refractivity contribution in [3.8, 4) is 0 Å². The first-order chi connectivity index (χ1) is 14.3. The van der Waals surface area contributed by atoms with E-state index in [-0.39, 0.29) is 28.1 Å². The van der Waals surface area contributed by atoms with Crippen LogP contribution in [0, 0.1) is 5.82 Å². The van der Waals surface area contributed by atoms with Crippen LogP contribution in [-0.4, -0.2) is 20.4 Å². The minimum atomic E-state index is -3.91. The molecule has 3 aromatic carbocycles. The van der Waals surface area contributed by atoms with Crippen LogP contribution < -0.4 is 10.0 Å². The minimum absolute atomic E-state index is 0.0450. The van der Waals surface area contributed by atoms with Crippen LogP contribution in [0.3, 0.4) is 0 Å². The zero-order chi connectivity index (χ0) is 21.6. The van der Waals surface area contributed by atoms with Crippen molar-refractivity contribution in [1.29, 1.82) is 0 Å². The molecule has 3 aromatic rings. The Bertz CT molecular complexity index is 1100. The number of benzene rings is 3. The number of hydrogen-bond acceptors (Lipinski definition) is 3. The van der Waals surface area contributed by atoms with E-state index in [1.165, 1.54) is 48.0 Å². The van der Waals surface area contributed by atoms with E-state index < -0.39 is 15.8 Å². The largest absolute Gasteiger partial charge is 0.350 e. The lowest BCUT2D eigenvalue weighted by Gasteiger charge is -2.15. The molecule has 0 saturated carbocycles. The zero-order valence-electron chi connectivity index (χ0n) is 16.5. The number of hydrogen-bond donors (Lipinski definition) is 2. The number of sulfonamides is 1. The Hall–Kier alpha value is -3.19. The fourth-order valence-corrected chi connectivity index (χ4v) is 4.05. The summed E-state index contributed by atoms with van der Waals surface area (Å²) in [6, 6.07) is 20.7. The smallest absolute Gasteiger partial charge is 0.261 e. The highest BCUT2D eigenvalue weighted by molar-refractivity contribution is 7.92. The summed E-state index contributed by atoms with van der Waals surface area (Å²) in [5, 5.41) is 2.91. The van der Waals surface area contributed by atoms with E-state index in [9.17, 15) is 17.6 Å². The third kappa shape index (κ3) is 5.90. The number of anilines is 1. The summed E-state index contributed by atoms with van der Waals surface area (Å²) in [7, 11) is -3.91. The highest BCUT2D eigenvalue weighted by Crippen LogP contribution is 2.18. The van der Waals surface area contributed by atoms with Crippen molar-refractivity contribution in [3.05, 3.63) is 95.8 Å². The molecule has 0 spiro atoms. The summed E-state index contributed by atoms with van der Waals surface area (Å²) in [5.41, 5.74) is 1.68. The molecular formula is C23H23FN2O3S. The number of halogens is 1. The lowest BCUT2D eigenvalue weighted by Crippen LogP contribution is -2.33. The van der Waals surface area contributed by atoms with E-state index in [4.69, 9.17) is 0 Å². The van der Waals surface area contributed by atoms with Gasteiger partial charge in [0.15, 0.2) is 0 Å². The van der Waals surface area contributed by atoms with E-state index in [1.54, 1.807) is 6.07 Å². The third-order valence-corrected chi connectivity index (χ3v) is 5.97. The summed E-state index contributed by atoms with van der Waals surface area (Å²) in [4.78, 5) is 12.5. The SMILES string of the molecule is CC(CCc1ccccc1)NC(=O)c1cccc(S(=O)(=O)Nc2ccc(F)cc2)c1. The molecule has 1 amide bonds. The van der Waals surface area contributed by atoms with E-state index in [2.05, 4.69) is 10.0 Å². The predicted octanol–water partition coefficient (Wildman–Crippen LogP) is 4.38. The molecule has 0 heterocycles. The molecule has 0 bridgehead atoms. The van der Waals surface area contributed by atoms with Gasteiger partial charge < -0.3 is 5.32 Å². The molecule has 0 radical (unpaired) electrons. The number of carbonyl (C=O) groups excluding carboxylic acids is 1. The molecule has 0 aliphatic heterocycles. The Morgan fingerprint density at radius 3 is 2.37 bits per heavy atom. The van der Waals surface area contributed by atoms with E-state index in [0.717, 1.165) is 12.8 Å². The van der Waals surface area contributed by atoms with Crippen LogP contribution in [-0.2, 0) is 16.4 Å². The number of rotatable bonds is 8. The second-order valence-corrected chi connectivity index (χ2v) is 8.72. The Labute approximate surface area is 176 Å². The highest BCUT2D eigenvalue weighted by atomic mass is 32.2. The van der Waals surface area contributed by atoms with Crippen molar-refractivity contribution >= 4 is 21.6 Å². The van der Waals surface area contributed by atoms with Crippen molar-refractivity contribution in [2.24, 2.45) is 0 Å². The molecule has 0 aromatic heterocycles. The highest BCUT2D eigenvalue weighted by Gasteiger charge is 2.17. The maximum atomic E-state index is 13.0. The lowest BCUT2D eigenvalue weighted by atomic mass is 10.1. The van der Waals surface area contributed by atoms with E-state index in [0.29, 0.717) is 0 Å². The second-order valence-electron chi connectivity index (χ2n) is 7.04. The Morgan fingerprint density at radius 2 is 1.67 bits per heavy atom. The lowest BCUT2D eigenvalue weighted by molar-refractivity contribution is 0.0938. The van der Waals surface area contributed by atoms with Gasteiger partial charge in [-0.3, -0.25) is 9.52 Å². The molecular weight excluding hydrogens is 403 g/mol. The fourth-order valence-electron chi connectivity index (χ4n) is 2.94. The molecule has 0 aliphatic rings. The average Bonchev–Trinajstić information content (AvgIpc) is 2.74. The topological polar surface area (TPSA) is 75.3 Å². The second kappa shape index (κ2) is 9.54.